The van der Waals surface area contributed by atoms with E-state index in [2.05, 4.69) is 4.98 Å². The highest BCUT2D eigenvalue weighted by atomic mass is 32.1. The summed E-state index contributed by atoms with van der Waals surface area (Å²) in [5.41, 5.74) is -3.02. The number of rotatable bonds is 4. The molecule has 2 aromatic carbocycles. The Labute approximate surface area is 182 Å². The fourth-order valence-electron chi connectivity index (χ4n) is 3.47. The Bertz CT molecular complexity index is 1240. The maximum Gasteiger partial charge on any atom is 0.416 e. The summed E-state index contributed by atoms with van der Waals surface area (Å²) in [6.45, 7) is 0.811. The minimum absolute atomic E-state index is 0.156. The van der Waals surface area contributed by atoms with Gasteiger partial charge in [0.25, 0.3) is 11.2 Å². The molecule has 0 N–H and O–H groups in total. The number of piperidine rings is 1. The van der Waals surface area contributed by atoms with Gasteiger partial charge in [0.2, 0.25) is 0 Å². The quantitative estimate of drug-likeness (QED) is 0.311. The zero-order chi connectivity index (χ0) is 23.0. The van der Waals surface area contributed by atoms with Crippen LogP contribution in [0.5, 0.6) is 5.75 Å². The molecule has 32 heavy (non-hydrogen) atoms. The predicted octanol–water partition coefficient (Wildman–Crippen LogP) is 4.77. The van der Waals surface area contributed by atoms with Crippen molar-refractivity contribution < 1.29 is 27.2 Å². The molecule has 0 aliphatic carbocycles. The summed E-state index contributed by atoms with van der Waals surface area (Å²) >= 11 is 0.804. The standard InChI is InChI=1S/C20H15F4N3O4S/c21-12-2-1-3-14(10-12)31-13-4-6-26(7-5-13)19-25-18(28)15-8-11(20(22,23)24)9-16(27(29)30)17(15)32-19/h1-3,8-10,13H,4-7H2. The molecular formula is C20H15F4N3O4S. The number of ether oxygens (including phenoxy) is 1. The number of aromatic nitrogens is 1. The van der Waals surface area contributed by atoms with Crippen LogP contribution in [0.4, 0.5) is 28.4 Å². The first-order valence-electron chi connectivity index (χ1n) is 9.49. The molecule has 1 aromatic heterocycles. The summed E-state index contributed by atoms with van der Waals surface area (Å²) in [4.78, 5) is 28.5. The number of halogens is 4. The Kier molecular flexibility index (Phi) is 5.71. The van der Waals surface area contributed by atoms with E-state index in [9.17, 15) is 32.5 Å². The van der Waals surface area contributed by atoms with Crippen LogP contribution in [0.3, 0.4) is 0 Å². The lowest BCUT2D eigenvalue weighted by molar-refractivity contribution is -0.383. The lowest BCUT2D eigenvalue weighted by Gasteiger charge is -2.32. The summed E-state index contributed by atoms with van der Waals surface area (Å²) in [5.74, 6) is -0.0200. The minimum Gasteiger partial charge on any atom is -0.490 e. The van der Waals surface area contributed by atoms with Gasteiger partial charge < -0.3 is 9.64 Å². The van der Waals surface area contributed by atoms with Crippen molar-refractivity contribution in [3.63, 3.8) is 0 Å². The number of hydrogen-bond acceptors (Lipinski definition) is 7. The zero-order valence-corrected chi connectivity index (χ0v) is 17.1. The van der Waals surface area contributed by atoms with Crippen LogP contribution >= 0.6 is 11.3 Å². The van der Waals surface area contributed by atoms with Crippen molar-refractivity contribution in [2.45, 2.75) is 25.1 Å². The summed E-state index contributed by atoms with van der Waals surface area (Å²) in [6, 6.07) is 6.78. The monoisotopic (exact) mass is 469 g/mol. The van der Waals surface area contributed by atoms with E-state index in [1.54, 1.807) is 11.0 Å². The maximum absolute atomic E-state index is 13.3. The zero-order valence-electron chi connectivity index (χ0n) is 16.3. The Morgan fingerprint density at radius 1 is 1.19 bits per heavy atom. The van der Waals surface area contributed by atoms with Gasteiger partial charge in [-0.25, -0.2) is 4.39 Å². The lowest BCUT2D eigenvalue weighted by atomic mass is 10.1. The molecule has 168 valence electrons. The molecule has 0 bridgehead atoms. The van der Waals surface area contributed by atoms with Crippen molar-refractivity contribution in [1.82, 2.24) is 4.98 Å². The molecule has 2 heterocycles. The number of non-ortho nitro benzene ring substituents is 1. The number of anilines is 1. The van der Waals surface area contributed by atoms with Crippen LogP contribution in [0.15, 0.2) is 41.2 Å². The van der Waals surface area contributed by atoms with Gasteiger partial charge in [0.1, 0.15) is 22.4 Å². The second kappa shape index (κ2) is 8.34. The molecule has 1 saturated heterocycles. The number of alkyl halides is 3. The SMILES string of the molecule is O=c1nc(N2CCC(Oc3cccc(F)c3)CC2)sc2c([N+](=O)[O-])cc(C(F)(F)F)cc12. The molecule has 12 heteroatoms. The maximum atomic E-state index is 13.3. The molecule has 4 rings (SSSR count). The summed E-state index contributed by atoms with van der Waals surface area (Å²) < 4.78 is 58.2. The highest BCUT2D eigenvalue weighted by Gasteiger charge is 2.34. The fourth-order valence-corrected chi connectivity index (χ4v) is 4.59. The van der Waals surface area contributed by atoms with Crippen LogP contribution in [0.2, 0.25) is 0 Å². The van der Waals surface area contributed by atoms with Crippen molar-refractivity contribution in [2.24, 2.45) is 0 Å². The largest absolute Gasteiger partial charge is 0.490 e. The van der Waals surface area contributed by atoms with E-state index in [0.29, 0.717) is 43.8 Å². The average molecular weight is 469 g/mol. The molecule has 0 atom stereocenters. The summed E-state index contributed by atoms with van der Waals surface area (Å²) in [7, 11) is 0. The number of benzene rings is 2. The Balaban J connectivity index is 1.60. The number of nitrogens with zero attached hydrogens (tertiary/aromatic N) is 3. The van der Waals surface area contributed by atoms with Gasteiger partial charge in [0, 0.05) is 38.1 Å². The average Bonchev–Trinajstić information content (AvgIpc) is 2.73. The summed E-state index contributed by atoms with van der Waals surface area (Å²) in [5, 5.41) is 11.1. The van der Waals surface area contributed by atoms with Crippen LogP contribution < -0.4 is 15.2 Å². The molecule has 0 amide bonds. The molecular weight excluding hydrogens is 454 g/mol. The molecule has 1 aliphatic heterocycles. The van der Waals surface area contributed by atoms with Crippen molar-refractivity contribution in [2.75, 3.05) is 18.0 Å². The van der Waals surface area contributed by atoms with Gasteiger partial charge in [-0.3, -0.25) is 14.9 Å². The third kappa shape index (κ3) is 4.49. The van der Waals surface area contributed by atoms with Crippen molar-refractivity contribution in [3.8, 4) is 5.75 Å². The molecule has 0 unspecified atom stereocenters. The molecule has 0 radical (unpaired) electrons. The van der Waals surface area contributed by atoms with Crippen LogP contribution in [0, 0.1) is 15.9 Å². The van der Waals surface area contributed by atoms with Crippen LogP contribution in [-0.2, 0) is 6.18 Å². The molecule has 1 fully saturated rings. The van der Waals surface area contributed by atoms with E-state index in [-0.39, 0.29) is 15.9 Å². The number of nitro benzene ring substituents is 1. The first-order valence-corrected chi connectivity index (χ1v) is 10.3. The second-order valence-electron chi connectivity index (χ2n) is 7.19. The third-order valence-corrected chi connectivity index (χ3v) is 6.19. The molecule has 3 aromatic rings. The van der Waals surface area contributed by atoms with E-state index < -0.39 is 39.1 Å². The van der Waals surface area contributed by atoms with Crippen molar-refractivity contribution in [1.29, 1.82) is 0 Å². The minimum atomic E-state index is -4.84. The molecule has 0 spiro atoms. The van der Waals surface area contributed by atoms with Gasteiger partial charge in [-0.15, -0.1) is 0 Å². The Hall–Kier alpha value is -3.28. The van der Waals surface area contributed by atoms with E-state index in [4.69, 9.17) is 4.74 Å². The number of hydrogen-bond donors (Lipinski definition) is 0. The van der Waals surface area contributed by atoms with Gasteiger partial charge in [0.15, 0.2) is 5.13 Å². The van der Waals surface area contributed by atoms with Gasteiger partial charge in [-0.1, -0.05) is 17.4 Å². The highest BCUT2D eigenvalue weighted by molar-refractivity contribution is 7.22. The van der Waals surface area contributed by atoms with Crippen molar-refractivity contribution >= 4 is 32.2 Å². The van der Waals surface area contributed by atoms with Gasteiger partial charge in [-0.05, 0) is 18.2 Å². The van der Waals surface area contributed by atoms with E-state index >= 15 is 0 Å². The van der Waals surface area contributed by atoms with E-state index in [1.807, 2.05) is 0 Å². The lowest BCUT2D eigenvalue weighted by Crippen LogP contribution is -2.39. The normalized spacial score (nSPS) is 15.2. The topological polar surface area (TPSA) is 85.6 Å². The number of nitro groups is 1. The molecule has 7 nitrogen and oxygen atoms in total. The van der Waals surface area contributed by atoms with Crippen LogP contribution in [-0.4, -0.2) is 29.1 Å². The number of fused-ring (bicyclic) bond motifs is 1. The Morgan fingerprint density at radius 3 is 2.53 bits per heavy atom. The van der Waals surface area contributed by atoms with Crippen molar-refractivity contribution in [3.05, 3.63) is 68.2 Å². The molecule has 1 aliphatic rings. The van der Waals surface area contributed by atoms with Gasteiger partial charge in [-0.2, -0.15) is 18.2 Å². The predicted molar refractivity (Wildman–Crippen MR) is 110 cm³/mol. The van der Waals surface area contributed by atoms with Crippen LogP contribution in [0.25, 0.3) is 10.1 Å². The van der Waals surface area contributed by atoms with E-state index in [1.165, 1.54) is 18.2 Å². The highest BCUT2D eigenvalue weighted by Crippen LogP contribution is 2.38. The van der Waals surface area contributed by atoms with Gasteiger partial charge >= 0.3 is 6.18 Å². The first-order chi connectivity index (χ1) is 15.1. The molecule has 0 saturated carbocycles. The second-order valence-corrected chi connectivity index (χ2v) is 8.17. The third-order valence-electron chi connectivity index (χ3n) is 5.03. The van der Waals surface area contributed by atoms with E-state index in [0.717, 1.165) is 11.3 Å². The Morgan fingerprint density at radius 2 is 1.91 bits per heavy atom. The fraction of sp³-hybridized carbons (Fsp3) is 0.300. The van der Waals surface area contributed by atoms with Gasteiger partial charge in [0.05, 0.1) is 15.9 Å². The smallest absolute Gasteiger partial charge is 0.416 e. The van der Waals surface area contributed by atoms with Crippen LogP contribution in [0.1, 0.15) is 18.4 Å². The summed E-state index contributed by atoms with van der Waals surface area (Å²) in [6.07, 6.45) is -3.99. The first kappa shape index (κ1) is 21.9.